The smallest absolute Gasteiger partial charge is 0.263 e. The zero-order chi connectivity index (χ0) is 17.0. The van der Waals surface area contributed by atoms with Crippen LogP contribution in [0.5, 0.6) is 0 Å². The number of rotatable bonds is 4. The van der Waals surface area contributed by atoms with E-state index in [2.05, 4.69) is 10.6 Å². The largest absolute Gasteiger partial charge is 0.388 e. The van der Waals surface area contributed by atoms with Gasteiger partial charge in [-0.25, -0.2) is 0 Å². The molecule has 0 bridgehead atoms. The summed E-state index contributed by atoms with van der Waals surface area (Å²) in [6, 6.07) is 3.39. The molecule has 0 radical (unpaired) electrons. The fourth-order valence-electron chi connectivity index (χ4n) is 3.03. The molecule has 1 fully saturated rings. The highest BCUT2D eigenvalue weighted by Crippen LogP contribution is 2.18. The summed E-state index contributed by atoms with van der Waals surface area (Å²) in [6.07, 6.45) is 2.11. The van der Waals surface area contributed by atoms with Crippen LogP contribution in [0.3, 0.4) is 0 Å². The number of carbonyl (C=O) groups excluding carboxylic acids is 1. The van der Waals surface area contributed by atoms with E-state index in [0.717, 1.165) is 25.2 Å². The molecule has 0 aromatic carbocycles. The van der Waals surface area contributed by atoms with Crippen LogP contribution in [0, 0.1) is 0 Å². The van der Waals surface area contributed by atoms with Crippen LogP contribution in [-0.2, 0) is 7.05 Å². The van der Waals surface area contributed by atoms with E-state index in [1.54, 1.807) is 13.1 Å². The topological polar surface area (TPSA) is 83.4 Å². The first-order valence-corrected chi connectivity index (χ1v) is 8.25. The van der Waals surface area contributed by atoms with Gasteiger partial charge < -0.3 is 20.3 Å². The summed E-state index contributed by atoms with van der Waals surface area (Å²) in [6.45, 7) is 5.79. The van der Waals surface area contributed by atoms with Crippen LogP contribution in [0.4, 0.5) is 0 Å². The lowest BCUT2D eigenvalue weighted by atomic mass is 9.95. The molecule has 6 nitrogen and oxygen atoms in total. The third-order valence-corrected chi connectivity index (χ3v) is 4.52. The van der Waals surface area contributed by atoms with Crippen molar-refractivity contribution >= 4 is 5.91 Å². The maximum atomic E-state index is 12.4. The molecule has 0 saturated carbocycles. The van der Waals surface area contributed by atoms with Crippen molar-refractivity contribution in [3.8, 4) is 0 Å². The molecule has 1 aliphatic heterocycles. The summed E-state index contributed by atoms with van der Waals surface area (Å²) < 4.78 is 1.52. The molecule has 0 spiro atoms. The number of hydrogen-bond donors (Lipinski definition) is 3. The van der Waals surface area contributed by atoms with Crippen molar-refractivity contribution in [3.05, 3.63) is 33.7 Å². The van der Waals surface area contributed by atoms with Crippen molar-refractivity contribution < 1.29 is 9.90 Å². The van der Waals surface area contributed by atoms with E-state index in [9.17, 15) is 14.7 Å². The first-order chi connectivity index (χ1) is 10.8. The average Bonchev–Trinajstić information content (AvgIpc) is 2.72. The van der Waals surface area contributed by atoms with Crippen LogP contribution in [0.1, 0.15) is 55.1 Å². The van der Waals surface area contributed by atoms with Gasteiger partial charge in [0.2, 0.25) is 0 Å². The van der Waals surface area contributed by atoms with Crippen LogP contribution in [0.15, 0.2) is 16.9 Å². The van der Waals surface area contributed by atoms with Crippen LogP contribution in [0.25, 0.3) is 0 Å². The van der Waals surface area contributed by atoms with Gasteiger partial charge >= 0.3 is 0 Å². The van der Waals surface area contributed by atoms with E-state index in [1.807, 2.05) is 19.9 Å². The van der Waals surface area contributed by atoms with Gasteiger partial charge in [0, 0.05) is 19.3 Å². The van der Waals surface area contributed by atoms with E-state index >= 15 is 0 Å². The molecule has 1 atom stereocenters. The van der Waals surface area contributed by atoms with Gasteiger partial charge in [0.1, 0.15) is 5.56 Å². The standard InChI is InChI=1S/C17H27N3O3/c1-12(2)14-6-5-13(16(22)20(14)3)15(21)19-11-17(23)7-4-9-18-10-8-17/h5-6,12,18,23H,4,7-11H2,1-3H3,(H,19,21)/t17-/m0/s1. The molecular formula is C17H27N3O3. The van der Waals surface area contributed by atoms with Gasteiger partial charge in [-0.2, -0.15) is 0 Å². The third kappa shape index (κ3) is 4.20. The number of carbonyl (C=O) groups is 1. The third-order valence-electron chi connectivity index (χ3n) is 4.52. The van der Waals surface area contributed by atoms with E-state index in [-0.39, 0.29) is 23.6 Å². The Bertz CT molecular complexity index is 614. The Kier molecular flexibility index (Phi) is 5.59. The second-order valence-electron chi connectivity index (χ2n) is 6.70. The van der Waals surface area contributed by atoms with E-state index in [4.69, 9.17) is 0 Å². The first kappa shape index (κ1) is 17.7. The second kappa shape index (κ2) is 7.27. The minimum atomic E-state index is -0.901. The lowest BCUT2D eigenvalue weighted by Crippen LogP contribution is -2.44. The van der Waals surface area contributed by atoms with Gasteiger partial charge in [0.15, 0.2) is 0 Å². The maximum absolute atomic E-state index is 12.4. The quantitative estimate of drug-likeness (QED) is 0.764. The lowest BCUT2D eigenvalue weighted by molar-refractivity contribution is 0.0275. The second-order valence-corrected chi connectivity index (χ2v) is 6.70. The molecule has 0 aliphatic carbocycles. The average molecular weight is 321 g/mol. The molecule has 1 aromatic rings. The Morgan fingerprint density at radius 3 is 2.83 bits per heavy atom. The van der Waals surface area contributed by atoms with Crippen LogP contribution < -0.4 is 16.2 Å². The maximum Gasteiger partial charge on any atom is 0.263 e. The molecule has 0 unspecified atom stereocenters. The van der Waals surface area contributed by atoms with Gasteiger partial charge in [-0.1, -0.05) is 13.8 Å². The molecule has 2 heterocycles. The Morgan fingerprint density at radius 2 is 2.13 bits per heavy atom. The molecule has 6 heteroatoms. The molecular weight excluding hydrogens is 294 g/mol. The number of aliphatic hydroxyl groups is 1. The molecule has 2 rings (SSSR count). The van der Waals surface area contributed by atoms with Crippen molar-refractivity contribution in [1.29, 1.82) is 0 Å². The number of amides is 1. The van der Waals surface area contributed by atoms with Gasteiger partial charge in [-0.15, -0.1) is 0 Å². The van der Waals surface area contributed by atoms with Crippen molar-refractivity contribution in [1.82, 2.24) is 15.2 Å². The summed E-state index contributed by atoms with van der Waals surface area (Å²) >= 11 is 0. The van der Waals surface area contributed by atoms with Crippen molar-refractivity contribution in [2.45, 2.75) is 44.6 Å². The van der Waals surface area contributed by atoms with Gasteiger partial charge in [-0.3, -0.25) is 9.59 Å². The van der Waals surface area contributed by atoms with Crippen molar-refractivity contribution in [3.63, 3.8) is 0 Å². The summed E-state index contributed by atoms with van der Waals surface area (Å²) in [7, 11) is 1.68. The van der Waals surface area contributed by atoms with Crippen LogP contribution in [-0.4, -0.2) is 40.8 Å². The Labute approximate surface area is 136 Å². The van der Waals surface area contributed by atoms with E-state index < -0.39 is 11.5 Å². The molecule has 23 heavy (non-hydrogen) atoms. The minimum Gasteiger partial charge on any atom is -0.388 e. The minimum absolute atomic E-state index is 0.118. The highest BCUT2D eigenvalue weighted by Gasteiger charge is 2.28. The lowest BCUT2D eigenvalue weighted by Gasteiger charge is -2.26. The SMILES string of the molecule is CC(C)c1ccc(C(=O)NC[C@]2(O)CCCNCC2)c(=O)n1C. The number of hydrogen-bond acceptors (Lipinski definition) is 4. The zero-order valence-electron chi connectivity index (χ0n) is 14.2. The molecule has 1 amide bonds. The molecule has 1 saturated heterocycles. The van der Waals surface area contributed by atoms with Crippen molar-refractivity contribution in [2.75, 3.05) is 19.6 Å². The Balaban J connectivity index is 2.09. The van der Waals surface area contributed by atoms with Crippen molar-refractivity contribution in [2.24, 2.45) is 7.05 Å². The predicted molar refractivity (Wildman–Crippen MR) is 89.8 cm³/mol. The molecule has 1 aliphatic rings. The first-order valence-electron chi connectivity index (χ1n) is 8.25. The fourth-order valence-corrected chi connectivity index (χ4v) is 3.03. The van der Waals surface area contributed by atoms with Crippen LogP contribution in [0.2, 0.25) is 0 Å². The summed E-state index contributed by atoms with van der Waals surface area (Å²) in [4.78, 5) is 24.7. The molecule has 3 N–H and O–H groups in total. The number of pyridine rings is 1. The van der Waals surface area contributed by atoms with Gasteiger partial charge in [0.25, 0.3) is 11.5 Å². The summed E-state index contributed by atoms with van der Waals surface area (Å²) in [5.41, 5.74) is -0.196. The highest BCUT2D eigenvalue weighted by atomic mass is 16.3. The van der Waals surface area contributed by atoms with Gasteiger partial charge in [0.05, 0.1) is 5.60 Å². The van der Waals surface area contributed by atoms with E-state index in [1.165, 1.54) is 4.57 Å². The van der Waals surface area contributed by atoms with Crippen LogP contribution >= 0.6 is 0 Å². The predicted octanol–water partition coefficient (Wildman–Crippen LogP) is 0.743. The van der Waals surface area contributed by atoms with E-state index in [0.29, 0.717) is 12.8 Å². The fraction of sp³-hybridized carbons (Fsp3) is 0.647. The highest BCUT2D eigenvalue weighted by molar-refractivity contribution is 5.93. The zero-order valence-corrected chi connectivity index (χ0v) is 14.2. The summed E-state index contributed by atoms with van der Waals surface area (Å²) in [5, 5.41) is 16.5. The Hall–Kier alpha value is -1.66. The summed E-state index contributed by atoms with van der Waals surface area (Å²) in [5.74, 6) is -0.212. The number of nitrogens with zero attached hydrogens (tertiary/aromatic N) is 1. The Morgan fingerprint density at radius 1 is 1.39 bits per heavy atom. The molecule has 128 valence electrons. The van der Waals surface area contributed by atoms with Gasteiger partial charge in [-0.05, 0) is 50.4 Å². The number of nitrogens with one attached hydrogen (secondary N) is 2. The monoisotopic (exact) mass is 321 g/mol. The normalized spacial score (nSPS) is 22.0. The molecule has 1 aromatic heterocycles. The number of aromatic nitrogens is 1.